The second-order valence-corrected chi connectivity index (χ2v) is 18.0. The first-order valence-electron chi connectivity index (χ1n) is 21.4. The maximum Gasteiger partial charge on any atom is 0.0704 e. The third-order valence-electron chi connectivity index (χ3n) is 11.1. The molecule has 0 aliphatic carbocycles. The predicted octanol–water partition coefficient (Wildman–Crippen LogP) is 15.6. The molecule has 8 rings (SSSR count). The van der Waals surface area contributed by atoms with Gasteiger partial charge in [0.05, 0.1) is 17.1 Å². The molecule has 0 aliphatic rings. The highest BCUT2D eigenvalue weighted by Gasteiger charge is 2.16. The van der Waals surface area contributed by atoms with Crippen molar-refractivity contribution < 1.29 is 0 Å². The summed E-state index contributed by atoms with van der Waals surface area (Å²) in [6.07, 6.45) is 18.8. The molecule has 0 radical (unpaired) electrons. The van der Waals surface area contributed by atoms with Crippen LogP contribution < -0.4 is 0 Å². The normalized spacial score (nSPS) is 12.2. The van der Waals surface area contributed by atoms with Gasteiger partial charge >= 0.3 is 0 Å². The van der Waals surface area contributed by atoms with Gasteiger partial charge in [0.2, 0.25) is 0 Å². The molecule has 62 heavy (non-hydrogen) atoms. The molecule has 8 aromatic rings. The largest absolute Gasteiger partial charge is 0.256 e. The van der Waals surface area contributed by atoms with E-state index < -0.39 is 0 Å². The molecule has 0 fully saturated rings. The van der Waals surface area contributed by atoms with E-state index in [1.807, 2.05) is 24.7 Å². The molecular weight excluding hydrogens is 751 g/mol. The number of hydrogen-bond donors (Lipinski definition) is 0. The summed E-state index contributed by atoms with van der Waals surface area (Å²) in [5, 5.41) is 0. The standard InChI is InChI=1S/C59H53N3/c1-58(2,3)53-32-34-60-56(39-53)51-23-18-42(19-24-51)12-15-45-36-46(16-13-43-20-25-52(26-21-43)57-40-54(33-35-61-57)59(4,5)6)38-47(37-45)17-14-44-22-31-55(62-41-44)50-29-27-49(28-30-50)48-10-8-7-9-11-48/h7-41H,1-6H3/b15-12+,16-13+,17-14+. The van der Waals surface area contributed by atoms with Crippen LogP contribution in [0.2, 0.25) is 0 Å². The first-order valence-corrected chi connectivity index (χ1v) is 21.4. The van der Waals surface area contributed by atoms with E-state index in [0.717, 1.165) is 67.2 Å². The summed E-state index contributed by atoms with van der Waals surface area (Å²) in [7, 11) is 0. The van der Waals surface area contributed by atoms with Crippen molar-refractivity contribution in [3.63, 3.8) is 0 Å². The number of hydrogen-bond acceptors (Lipinski definition) is 3. The summed E-state index contributed by atoms with van der Waals surface area (Å²) in [5.74, 6) is 0. The zero-order valence-electron chi connectivity index (χ0n) is 36.5. The van der Waals surface area contributed by atoms with Crippen LogP contribution in [0.25, 0.3) is 81.4 Å². The Balaban J connectivity index is 1.03. The maximum absolute atomic E-state index is 4.82. The van der Waals surface area contributed by atoms with Crippen molar-refractivity contribution in [1.29, 1.82) is 0 Å². The quantitative estimate of drug-likeness (QED) is 0.129. The van der Waals surface area contributed by atoms with Crippen molar-refractivity contribution in [1.82, 2.24) is 15.0 Å². The van der Waals surface area contributed by atoms with E-state index in [2.05, 4.69) is 240 Å². The van der Waals surface area contributed by atoms with Crippen molar-refractivity contribution in [2.75, 3.05) is 0 Å². The Kier molecular flexibility index (Phi) is 12.2. The maximum atomic E-state index is 4.82. The minimum Gasteiger partial charge on any atom is -0.256 e. The lowest BCUT2D eigenvalue weighted by Gasteiger charge is -2.19. The molecular formula is C59H53N3. The number of aromatic nitrogens is 3. The molecule has 3 heterocycles. The molecule has 3 aromatic heterocycles. The van der Waals surface area contributed by atoms with Gasteiger partial charge in [0.15, 0.2) is 0 Å². The molecule has 0 saturated carbocycles. The van der Waals surface area contributed by atoms with Crippen LogP contribution in [0.3, 0.4) is 0 Å². The van der Waals surface area contributed by atoms with Gasteiger partial charge in [0, 0.05) is 35.3 Å². The molecule has 0 saturated heterocycles. The Hall–Kier alpha value is -7.23. The van der Waals surface area contributed by atoms with E-state index in [-0.39, 0.29) is 10.8 Å². The van der Waals surface area contributed by atoms with E-state index in [1.165, 1.54) is 22.3 Å². The lowest BCUT2D eigenvalue weighted by molar-refractivity contribution is 0.589. The summed E-state index contributed by atoms with van der Waals surface area (Å²) >= 11 is 0. The van der Waals surface area contributed by atoms with Gasteiger partial charge in [-0.1, -0.05) is 187 Å². The average molecular weight is 804 g/mol. The molecule has 0 bridgehead atoms. The molecule has 0 atom stereocenters. The fourth-order valence-corrected chi connectivity index (χ4v) is 7.35. The molecule has 5 aromatic carbocycles. The molecule has 0 amide bonds. The van der Waals surface area contributed by atoms with E-state index in [1.54, 1.807) is 0 Å². The Labute approximate surface area is 368 Å². The van der Waals surface area contributed by atoms with Crippen molar-refractivity contribution >= 4 is 36.5 Å². The van der Waals surface area contributed by atoms with Crippen LogP contribution in [0, 0.1) is 0 Å². The Morgan fingerprint density at radius 2 is 0.677 bits per heavy atom. The fraction of sp³-hybridized carbons (Fsp3) is 0.136. The summed E-state index contributed by atoms with van der Waals surface area (Å²) in [5.41, 5.74) is 18.0. The van der Waals surface area contributed by atoms with Crippen LogP contribution in [0.4, 0.5) is 0 Å². The second-order valence-electron chi connectivity index (χ2n) is 18.0. The van der Waals surface area contributed by atoms with E-state index in [9.17, 15) is 0 Å². The van der Waals surface area contributed by atoms with Gasteiger partial charge in [0.1, 0.15) is 0 Å². The topological polar surface area (TPSA) is 38.7 Å². The monoisotopic (exact) mass is 803 g/mol. The highest BCUT2D eigenvalue weighted by Crippen LogP contribution is 2.29. The van der Waals surface area contributed by atoms with Gasteiger partial charge in [-0.15, -0.1) is 0 Å². The van der Waals surface area contributed by atoms with Gasteiger partial charge in [-0.2, -0.15) is 0 Å². The molecule has 0 spiro atoms. The number of benzene rings is 5. The van der Waals surface area contributed by atoms with Gasteiger partial charge in [0.25, 0.3) is 0 Å². The second kappa shape index (κ2) is 18.2. The van der Waals surface area contributed by atoms with Gasteiger partial charge in [-0.05, 0) is 115 Å². The van der Waals surface area contributed by atoms with E-state index in [0.29, 0.717) is 0 Å². The first kappa shape index (κ1) is 41.5. The Morgan fingerprint density at radius 3 is 1.11 bits per heavy atom. The summed E-state index contributed by atoms with van der Waals surface area (Å²) in [6, 6.07) is 55.8. The summed E-state index contributed by atoms with van der Waals surface area (Å²) < 4.78 is 0. The number of nitrogens with zero attached hydrogens (tertiary/aromatic N) is 3. The van der Waals surface area contributed by atoms with Crippen LogP contribution in [-0.4, -0.2) is 15.0 Å². The molecule has 304 valence electrons. The van der Waals surface area contributed by atoms with Gasteiger partial charge < -0.3 is 0 Å². The number of pyridine rings is 3. The fourth-order valence-electron chi connectivity index (χ4n) is 7.35. The first-order chi connectivity index (χ1) is 29.9. The van der Waals surface area contributed by atoms with Crippen molar-refractivity contribution in [2.24, 2.45) is 0 Å². The van der Waals surface area contributed by atoms with Crippen LogP contribution in [0.15, 0.2) is 176 Å². The van der Waals surface area contributed by atoms with E-state index in [4.69, 9.17) is 4.98 Å². The lowest BCUT2D eigenvalue weighted by atomic mass is 9.87. The summed E-state index contributed by atoms with van der Waals surface area (Å²) in [6.45, 7) is 13.4. The minimum atomic E-state index is 0.0672. The van der Waals surface area contributed by atoms with Crippen molar-refractivity contribution in [3.8, 4) is 44.9 Å². The highest BCUT2D eigenvalue weighted by atomic mass is 14.7. The van der Waals surface area contributed by atoms with E-state index >= 15 is 0 Å². The van der Waals surface area contributed by atoms with Crippen LogP contribution >= 0.6 is 0 Å². The highest BCUT2D eigenvalue weighted by molar-refractivity contribution is 5.80. The zero-order chi connectivity index (χ0) is 43.1. The molecule has 0 N–H and O–H groups in total. The molecule has 0 unspecified atom stereocenters. The third-order valence-corrected chi connectivity index (χ3v) is 11.1. The van der Waals surface area contributed by atoms with Crippen LogP contribution in [0.5, 0.6) is 0 Å². The molecule has 3 nitrogen and oxygen atoms in total. The SMILES string of the molecule is CC(C)(C)c1ccnc(-c2ccc(/C=C/c3cc(/C=C/c4ccc(-c5cc(C(C)(C)C)ccn5)cc4)cc(/C=C/c4ccc(-c5ccc(-c6ccccc6)cc5)nc4)c3)cc2)c1. The van der Waals surface area contributed by atoms with Crippen molar-refractivity contribution in [3.05, 3.63) is 221 Å². The van der Waals surface area contributed by atoms with Crippen molar-refractivity contribution in [2.45, 2.75) is 52.4 Å². The zero-order valence-corrected chi connectivity index (χ0v) is 36.5. The molecule has 0 aliphatic heterocycles. The smallest absolute Gasteiger partial charge is 0.0704 e. The predicted molar refractivity (Wildman–Crippen MR) is 265 cm³/mol. The lowest BCUT2D eigenvalue weighted by Crippen LogP contribution is -2.11. The third kappa shape index (κ3) is 10.6. The summed E-state index contributed by atoms with van der Waals surface area (Å²) in [4.78, 5) is 14.2. The van der Waals surface area contributed by atoms with Gasteiger partial charge in [-0.3, -0.25) is 15.0 Å². The average Bonchev–Trinajstić information content (AvgIpc) is 3.30. The minimum absolute atomic E-state index is 0.0672. The molecule has 3 heteroatoms. The Bertz CT molecular complexity index is 2720. The van der Waals surface area contributed by atoms with Crippen LogP contribution in [0.1, 0.15) is 86.1 Å². The Morgan fingerprint density at radius 1 is 0.306 bits per heavy atom. The van der Waals surface area contributed by atoms with Gasteiger partial charge in [-0.25, -0.2) is 0 Å². The van der Waals surface area contributed by atoms with Crippen LogP contribution in [-0.2, 0) is 10.8 Å². The number of rotatable bonds is 10.